The summed E-state index contributed by atoms with van der Waals surface area (Å²) in [4.78, 5) is 57.7. The number of nitrogens with zero attached hydrogens (tertiary/aromatic N) is 5. The van der Waals surface area contributed by atoms with Crippen LogP contribution in [0.5, 0.6) is 5.75 Å². The fourth-order valence-electron chi connectivity index (χ4n) is 4.95. The number of ether oxygens (including phenoxy) is 1. The Morgan fingerprint density at radius 3 is 2.39 bits per heavy atom. The average molecular weight is 693 g/mol. The summed E-state index contributed by atoms with van der Waals surface area (Å²) in [7, 11) is -0.792. The predicted octanol–water partition coefficient (Wildman–Crippen LogP) is 3.85. The molecule has 17 heteroatoms. The zero-order valence-corrected chi connectivity index (χ0v) is 27.2. The molecule has 1 aliphatic heterocycles. The molecular weight excluding hydrogens is 666 g/mol. The van der Waals surface area contributed by atoms with Gasteiger partial charge in [0.25, 0.3) is 17.4 Å². The number of aromatic nitrogens is 4. The second kappa shape index (κ2) is 13.1. The van der Waals surface area contributed by atoms with Crippen molar-refractivity contribution < 1.29 is 27.5 Å². The Morgan fingerprint density at radius 2 is 1.78 bits per heavy atom. The van der Waals surface area contributed by atoms with Gasteiger partial charge in [-0.2, -0.15) is 0 Å². The van der Waals surface area contributed by atoms with Crippen LogP contribution in [0.3, 0.4) is 0 Å². The van der Waals surface area contributed by atoms with Gasteiger partial charge < -0.3 is 19.9 Å². The number of carbonyl (C=O) groups is 2. The normalized spacial score (nSPS) is 15.1. The predicted molar refractivity (Wildman–Crippen MR) is 168 cm³/mol. The number of fused-ring (bicyclic) bond motifs is 1. The molecule has 2 atom stereocenters. The smallest absolute Gasteiger partial charge is 0.406 e. The van der Waals surface area contributed by atoms with Gasteiger partial charge in [0.2, 0.25) is 5.95 Å². The zero-order chi connectivity index (χ0) is 33.3. The molecule has 5 rings (SSSR count). The molecule has 11 nitrogen and oxygen atoms in total. The molecule has 0 saturated carbocycles. The molecule has 46 heavy (non-hydrogen) atoms. The molecule has 0 saturated heterocycles. The van der Waals surface area contributed by atoms with E-state index in [0.29, 0.717) is 27.0 Å². The highest BCUT2D eigenvalue weighted by atomic mass is 35.5. The zero-order valence-electron chi connectivity index (χ0n) is 24.5. The lowest BCUT2D eigenvalue weighted by Crippen LogP contribution is -2.46. The van der Waals surface area contributed by atoms with Crippen LogP contribution in [0.2, 0.25) is 16.6 Å². The summed E-state index contributed by atoms with van der Waals surface area (Å²) in [6.45, 7) is 3.69. The standard InChI is InChI=1S/C29H26Cl2F3N7O4Si/c1-15-10-19-23(14-40(15)26(43)16-4-9-20(30)21(31)11-16)38-28(39-46(3)18-7-5-17(6-8-18)45-29(32,33)34)41(27(19)44)24-13-36-22(12-37-24)25(42)35-2/h4-9,11-13,15,46H,10,14H2,1-3H3,(H,35,42)(H,38,39)/t15-,46+/m1/s1. The van der Waals surface area contributed by atoms with Gasteiger partial charge in [0.05, 0.1) is 34.7 Å². The molecule has 0 fully saturated rings. The van der Waals surface area contributed by atoms with Gasteiger partial charge in [0, 0.05) is 24.2 Å². The first-order valence-corrected chi connectivity index (χ1v) is 16.9. The summed E-state index contributed by atoms with van der Waals surface area (Å²) in [6.07, 6.45) is -2.14. The SMILES string of the molecule is CNC(=O)c1cnc(-n2c(N[Si@@H](C)c3ccc(OC(F)(F)F)cc3)nc3c(c2=O)C[C@@H](C)N(C(=O)c2ccc(Cl)c(Cl)c2)C3)cn1. The van der Waals surface area contributed by atoms with Gasteiger partial charge in [-0.15, -0.1) is 13.2 Å². The van der Waals surface area contributed by atoms with Crippen molar-refractivity contribution in [2.24, 2.45) is 0 Å². The summed E-state index contributed by atoms with van der Waals surface area (Å²) in [5.41, 5.74) is 0.644. The van der Waals surface area contributed by atoms with Crippen LogP contribution >= 0.6 is 23.2 Å². The van der Waals surface area contributed by atoms with E-state index < -0.39 is 26.8 Å². The third kappa shape index (κ3) is 7.00. The van der Waals surface area contributed by atoms with Crippen molar-refractivity contribution >= 4 is 55.1 Å². The van der Waals surface area contributed by atoms with Crippen molar-refractivity contribution in [1.82, 2.24) is 29.7 Å². The van der Waals surface area contributed by atoms with Crippen LogP contribution in [0, 0.1) is 0 Å². The van der Waals surface area contributed by atoms with Crippen LogP contribution in [-0.4, -0.2) is 64.6 Å². The van der Waals surface area contributed by atoms with E-state index in [9.17, 15) is 27.6 Å². The fraction of sp³-hybridized carbons (Fsp3) is 0.241. The molecule has 4 aromatic rings. The average Bonchev–Trinajstić information content (AvgIpc) is 3.01. The first-order valence-electron chi connectivity index (χ1n) is 13.8. The molecule has 240 valence electrons. The van der Waals surface area contributed by atoms with E-state index in [1.807, 2.05) is 13.5 Å². The number of benzene rings is 2. The topological polar surface area (TPSA) is 131 Å². The summed E-state index contributed by atoms with van der Waals surface area (Å²) in [6, 6.07) is 9.61. The second-order valence-electron chi connectivity index (χ2n) is 10.4. The molecule has 0 spiro atoms. The molecule has 0 unspecified atom stereocenters. The number of rotatable bonds is 7. The Kier molecular flexibility index (Phi) is 9.37. The van der Waals surface area contributed by atoms with E-state index in [-0.39, 0.29) is 53.1 Å². The largest absolute Gasteiger partial charge is 0.573 e. The van der Waals surface area contributed by atoms with Gasteiger partial charge in [-0.25, -0.2) is 19.5 Å². The Hall–Kier alpha value is -4.47. The molecule has 0 aliphatic carbocycles. The van der Waals surface area contributed by atoms with Gasteiger partial charge in [0.15, 0.2) is 14.8 Å². The number of amides is 2. The number of anilines is 1. The molecule has 2 aromatic heterocycles. The molecule has 2 aromatic carbocycles. The number of alkyl halides is 3. The van der Waals surface area contributed by atoms with Gasteiger partial charge in [-0.05, 0) is 48.9 Å². The van der Waals surface area contributed by atoms with E-state index in [2.05, 4.69) is 25.0 Å². The number of nitrogens with one attached hydrogen (secondary N) is 2. The third-order valence-corrected chi connectivity index (χ3v) is 10.1. The quantitative estimate of drug-likeness (QED) is 0.280. The van der Waals surface area contributed by atoms with E-state index >= 15 is 0 Å². The Morgan fingerprint density at radius 1 is 1.07 bits per heavy atom. The number of hydrogen-bond acceptors (Lipinski definition) is 8. The Bertz CT molecular complexity index is 1860. The summed E-state index contributed by atoms with van der Waals surface area (Å²) in [5, 5.41) is 3.68. The Labute approximate surface area is 272 Å². The third-order valence-electron chi connectivity index (χ3n) is 7.33. The summed E-state index contributed by atoms with van der Waals surface area (Å²) < 4.78 is 43.2. The maximum atomic E-state index is 14.1. The maximum Gasteiger partial charge on any atom is 0.573 e. The summed E-state index contributed by atoms with van der Waals surface area (Å²) in [5.74, 6) is -0.970. The first kappa shape index (κ1) is 32.9. The van der Waals surface area contributed by atoms with Crippen molar-refractivity contribution in [1.29, 1.82) is 0 Å². The highest BCUT2D eigenvalue weighted by molar-refractivity contribution is 6.74. The van der Waals surface area contributed by atoms with Gasteiger partial charge >= 0.3 is 6.36 Å². The molecule has 2 N–H and O–H groups in total. The van der Waals surface area contributed by atoms with Crippen molar-refractivity contribution in [3.05, 3.63) is 97.8 Å². The number of carbonyl (C=O) groups excluding carboxylic acids is 2. The van der Waals surface area contributed by atoms with Crippen LogP contribution in [0.15, 0.2) is 59.7 Å². The van der Waals surface area contributed by atoms with Gasteiger partial charge in [-0.1, -0.05) is 41.9 Å². The molecule has 0 bridgehead atoms. The van der Waals surface area contributed by atoms with Gasteiger partial charge in [0.1, 0.15) is 11.4 Å². The lowest BCUT2D eigenvalue weighted by Gasteiger charge is -2.34. The minimum Gasteiger partial charge on any atom is -0.406 e. The van der Waals surface area contributed by atoms with E-state index in [0.717, 1.165) is 0 Å². The van der Waals surface area contributed by atoms with Crippen LogP contribution in [0.1, 0.15) is 39.0 Å². The maximum absolute atomic E-state index is 14.1. The van der Waals surface area contributed by atoms with E-state index in [1.165, 1.54) is 60.4 Å². The highest BCUT2D eigenvalue weighted by Gasteiger charge is 2.33. The van der Waals surface area contributed by atoms with Crippen molar-refractivity contribution in [3.8, 4) is 11.6 Å². The molecule has 3 heterocycles. The molecule has 1 aliphatic rings. The van der Waals surface area contributed by atoms with Crippen LogP contribution in [0.4, 0.5) is 19.1 Å². The second-order valence-corrected chi connectivity index (χ2v) is 13.7. The number of halogens is 5. The molecular formula is C29H26Cl2F3N7O4Si. The van der Waals surface area contributed by atoms with Crippen molar-refractivity contribution in [3.63, 3.8) is 0 Å². The minimum atomic E-state index is -4.83. The van der Waals surface area contributed by atoms with Crippen molar-refractivity contribution in [2.75, 3.05) is 12.0 Å². The minimum absolute atomic E-state index is 0.0149. The van der Waals surface area contributed by atoms with Crippen LogP contribution in [0.25, 0.3) is 5.82 Å². The van der Waals surface area contributed by atoms with E-state index in [4.69, 9.17) is 28.2 Å². The van der Waals surface area contributed by atoms with Crippen LogP contribution in [-0.2, 0) is 13.0 Å². The monoisotopic (exact) mass is 691 g/mol. The lowest BCUT2D eigenvalue weighted by atomic mass is 9.98. The summed E-state index contributed by atoms with van der Waals surface area (Å²) >= 11 is 12.2. The Balaban J connectivity index is 1.54. The highest BCUT2D eigenvalue weighted by Crippen LogP contribution is 2.27. The fourth-order valence-corrected chi connectivity index (χ4v) is 6.77. The lowest BCUT2D eigenvalue weighted by molar-refractivity contribution is -0.274. The van der Waals surface area contributed by atoms with Gasteiger partial charge in [-0.3, -0.25) is 14.4 Å². The molecule has 0 radical (unpaired) electrons. The van der Waals surface area contributed by atoms with Crippen molar-refractivity contribution in [2.45, 2.75) is 38.8 Å². The number of hydrogen-bond donors (Lipinski definition) is 2. The van der Waals surface area contributed by atoms with E-state index in [1.54, 1.807) is 11.0 Å². The molecule has 2 amide bonds. The van der Waals surface area contributed by atoms with Crippen LogP contribution < -0.4 is 25.8 Å². The first-order chi connectivity index (χ1) is 21.8.